The Balaban J connectivity index is 1.01. The number of hydrogen-bond acceptors (Lipinski definition) is 18. The largest absolute Gasteiger partial charge is 0.395 e. The van der Waals surface area contributed by atoms with Gasteiger partial charge in [-0.25, -0.2) is 0 Å². The van der Waals surface area contributed by atoms with Gasteiger partial charge in [-0.15, -0.1) is 0 Å². The first-order chi connectivity index (χ1) is 65.1. The van der Waals surface area contributed by atoms with Crippen LogP contribution in [0.4, 0.5) is 0 Å². The maximum absolute atomic E-state index is 15.6. The number of para-hydroxylation sites is 4. The maximum atomic E-state index is 15.6. The highest BCUT2D eigenvalue weighted by Crippen LogP contribution is 2.26. The lowest BCUT2D eigenvalue weighted by molar-refractivity contribution is -0.137. The lowest BCUT2D eigenvalue weighted by Crippen LogP contribution is -2.62. The highest BCUT2D eigenvalue weighted by Gasteiger charge is 2.41. The number of fused-ring (bicyclic) bond motifs is 4. The van der Waals surface area contributed by atoms with E-state index in [0.29, 0.717) is 63.3 Å². The van der Waals surface area contributed by atoms with E-state index in [9.17, 15) is 53.1 Å². The molecule has 0 saturated heterocycles. The topological polar surface area (TPSA) is 575 Å². The molecule has 0 bridgehead atoms. The Bertz CT molecular complexity index is 5480. The zero-order chi connectivity index (χ0) is 101. The second-order valence-corrected chi connectivity index (χ2v) is 37.9. The van der Waals surface area contributed by atoms with Crippen LogP contribution < -0.4 is 90.8 Å². The van der Waals surface area contributed by atoms with Crippen LogP contribution in [0.25, 0.3) is 43.6 Å². The van der Waals surface area contributed by atoms with E-state index in [-0.39, 0.29) is 94.7 Å². The molecule has 4 aromatic heterocycles. The normalized spacial score (nSPS) is 14.7. The van der Waals surface area contributed by atoms with E-state index in [1.807, 2.05) is 119 Å². The molecule has 16 amide bonds. The van der Waals surface area contributed by atoms with Crippen molar-refractivity contribution in [2.75, 3.05) is 26.2 Å². The second-order valence-electron chi connectivity index (χ2n) is 37.9. The number of carbonyl (C=O) groups is 16. The molecule has 0 unspecified atom stereocenters. The predicted molar refractivity (Wildman–Crippen MR) is 521 cm³/mol. The third-order valence-electron chi connectivity index (χ3n) is 23.8. The van der Waals surface area contributed by atoms with Crippen molar-refractivity contribution >= 4 is 139 Å². The van der Waals surface area contributed by atoms with Crippen LogP contribution >= 0.6 is 0 Å². The Morgan fingerprint density at radius 1 is 0.314 bits per heavy atom. The van der Waals surface area contributed by atoms with E-state index >= 15 is 28.8 Å². The molecule has 0 aliphatic rings. The van der Waals surface area contributed by atoms with Gasteiger partial charge in [0, 0.05) is 101 Å². The molecular weight excluding hydrogens is 1760 g/mol. The van der Waals surface area contributed by atoms with E-state index in [4.69, 9.17) is 5.73 Å². The molecule has 4 heterocycles. The molecule has 0 spiro atoms. The Kier molecular flexibility index (Phi) is 41.7. The van der Waals surface area contributed by atoms with Crippen molar-refractivity contribution in [3.05, 3.63) is 144 Å². The third kappa shape index (κ3) is 32.1. The van der Waals surface area contributed by atoms with Gasteiger partial charge in [0.15, 0.2) is 0 Å². The number of aliphatic hydroxyl groups excluding tert-OH is 1. The zero-order valence-corrected chi connectivity index (χ0v) is 81.2. The maximum Gasteiger partial charge on any atom is 0.243 e. The predicted octanol–water partition coefficient (Wildman–Crippen LogP) is 3.46. The summed E-state index contributed by atoms with van der Waals surface area (Å²) in [5, 5.41) is 56.5. The van der Waals surface area contributed by atoms with E-state index < -0.39 is 197 Å². The molecule has 8 rings (SSSR count). The highest BCUT2D eigenvalue weighted by atomic mass is 16.3. The van der Waals surface area contributed by atoms with Gasteiger partial charge in [0.25, 0.3) is 0 Å². The minimum Gasteiger partial charge on any atom is -0.395 e. The van der Waals surface area contributed by atoms with Crippen molar-refractivity contribution in [3.8, 4) is 0 Å². The van der Waals surface area contributed by atoms with Crippen molar-refractivity contribution in [2.45, 2.75) is 260 Å². The van der Waals surface area contributed by atoms with Crippen molar-refractivity contribution in [1.29, 1.82) is 0 Å². The summed E-state index contributed by atoms with van der Waals surface area (Å²) in [7, 11) is 0. The van der Waals surface area contributed by atoms with Crippen LogP contribution in [0.15, 0.2) is 122 Å². The summed E-state index contributed by atoms with van der Waals surface area (Å²) in [6.07, 6.45) is 7.74. The molecule has 744 valence electrons. The van der Waals surface area contributed by atoms with Gasteiger partial charge in [0.2, 0.25) is 95.0 Å². The van der Waals surface area contributed by atoms with Crippen molar-refractivity contribution < 1.29 is 81.8 Å². The van der Waals surface area contributed by atoms with Crippen LogP contribution in [0, 0.1) is 41.4 Å². The first-order valence-corrected chi connectivity index (χ1v) is 47.3. The first-order valence-electron chi connectivity index (χ1n) is 47.3. The van der Waals surface area contributed by atoms with Crippen LogP contribution in [0.5, 0.6) is 0 Å². The molecule has 38 nitrogen and oxygen atoms in total. The number of aromatic nitrogens is 4. The Labute approximate surface area is 798 Å². The minimum absolute atomic E-state index is 0.00258. The Morgan fingerprint density at radius 2 is 0.599 bits per heavy atom. The number of unbranched alkanes of at least 4 members (excludes halogenated alkanes) is 1. The summed E-state index contributed by atoms with van der Waals surface area (Å²) < 4.78 is 0. The fourth-order valence-electron chi connectivity index (χ4n) is 16.3. The number of aromatic amines is 4. The number of H-pyrrole nitrogens is 4. The van der Waals surface area contributed by atoms with Gasteiger partial charge in [0.1, 0.15) is 84.6 Å². The minimum atomic E-state index is -1.48. The highest BCUT2D eigenvalue weighted by molar-refractivity contribution is 6.02. The zero-order valence-electron chi connectivity index (χ0n) is 81.2. The van der Waals surface area contributed by atoms with Gasteiger partial charge >= 0.3 is 0 Å². The van der Waals surface area contributed by atoms with Crippen LogP contribution in [-0.4, -0.2) is 231 Å². The van der Waals surface area contributed by atoms with Crippen LogP contribution in [0.3, 0.4) is 0 Å². The molecule has 0 aliphatic heterocycles. The van der Waals surface area contributed by atoms with Gasteiger partial charge in [-0.05, 0) is 147 Å². The fourth-order valence-corrected chi connectivity index (χ4v) is 16.3. The van der Waals surface area contributed by atoms with Crippen molar-refractivity contribution in [3.63, 3.8) is 0 Å². The van der Waals surface area contributed by atoms with E-state index in [1.165, 1.54) is 13.8 Å². The fraction of sp³-hybridized carbons (Fsp3) is 0.515. The quantitative estimate of drug-likeness (QED) is 0.0192. The summed E-state index contributed by atoms with van der Waals surface area (Å²) in [5.74, 6) is -14.5. The standard InChI is InChI=1S/C99H141N21O17/c1-52(2)39-74(111-86(124)59(15)108-81(123)50-106-96(134)82(55(7)8)107-51-122)90(128)109-60(16)87(125)118-84(57(11)12)98(136)120-85(58(13)14)99(137)119-83(56(9)10)97(135)117-80(45-64-49-105-72-34-24-20-30-68(64)72)95(133)113-76(41-54(5)6)92(130)116-79(44-63-48-104-71-33-23-19-29-67(63)71)94(132)112-75(40-53(3)4)91(129)115-78(43-62-47-103-70-32-22-18-28-66(62)70)93(131)110-73(35-25-26-36-100)89(127)114-77(88(126)101-37-38-121)42-61-46-102-69-31-21-17-27-65(61)69/h17-24,27-34,46-49,51-60,73-80,82-85,102-105,121H,25-26,35-45,50,100H2,1-16H3,(H,101,126)(H,106,134)(H,107,122)(H,108,123)(H,109,128)(H,110,131)(H,111,124)(H,112,132)(H,113,133)(H,114,127)(H,115,129)(H,116,130)(H,117,135)(H,118,125)(H,119,137)(H,120,136)/t59-,60-,73+,74+,75+,76+,77-,78-,79-,80-,82-,83+,84+,85-/m0/s1. The molecule has 0 aliphatic carbocycles. The number of benzene rings is 4. The average Bonchev–Trinajstić information content (AvgIpc) is 1.71. The summed E-state index contributed by atoms with van der Waals surface area (Å²) in [6.45, 7) is 26.2. The SMILES string of the molecule is CC(C)C[C@@H](NC(=O)[C@H](C)NC(=O)CNC(=O)[C@@H](NC=O)C(C)C)C(=O)N[C@@H](C)C(=O)N[C@@H](C(=O)N[C@H](C(=O)N[C@@H](C(=O)N[C@@H](Cc1c[nH]c2ccccc12)C(=O)N[C@H](CC(C)C)C(=O)N[C@@H](Cc1c[nH]c2ccccc12)C(=O)N[C@H](CC(C)C)C(=O)N[C@@H](Cc1c[nH]c2ccccc12)C(=O)N[C@H](CCCCN)C(=O)N[C@@H](Cc1c[nH]c2ccccc12)C(=O)NCCO)C(C)C)C(C)C)C(C)C. The summed E-state index contributed by atoms with van der Waals surface area (Å²) in [5.41, 5.74) is 11.4. The number of carbonyl (C=O) groups excluding carboxylic acids is 16. The van der Waals surface area contributed by atoms with E-state index in [2.05, 4.69) is 105 Å². The van der Waals surface area contributed by atoms with Crippen LogP contribution in [0.2, 0.25) is 0 Å². The second kappa shape index (κ2) is 52.5. The smallest absolute Gasteiger partial charge is 0.243 e. The van der Waals surface area contributed by atoms with E-state index in [1.54, 1.807) is 100 Å². The molecule has 14 atom stereocenters. The molecule has 0 saturated carbocycles. The van der Waals surface area contributed by atoms with Crippen molar-refractivity contribution in [1.82, 2.24) is 105 Å². The van der Waals surface area contributed by atoms with Gasteiger partial charge in [0.05, 0.1) is 13.2 Å². The lowest BCUT2D eigenvalue weighted by atomic mass is 9.97. The van der Waals surface area contributed by atoms with E-state index in [0.717, 1.165) is 21.8 Å². The Hall–Kier alpha value is -13.5. The number of aliphatic hydroxyl groups is 1. The molecule has 38 heteroatoms. The van der Waals surface area contributed by atoms with Gasteiger partial charge in [-0.1, -0.05) is 170 Å². The Morgan fingerprint density at radius 3 is 0.942 bits per heavy atom. The number of amides is 16. The molecule has 4 aromatic carbocycles. The molecule has 23 N–H and O–H groups in total. The summed E-state index contributed by atoms with van der Waals surface area (Å²) in [6, 6.07) is 11.0. The van der Waals surface area contributed by atoms with Gasteiger partial charge in [-0.2, -0.15) is 0 Å². The van der Waals surface area contributed by atoms with Crippen LogP contribution in [0.1, 0.15) is 172 Å². The molecule has 0 radical (unpaired) electrons. The molecule has 0 fully saturated rings. The first kappa shape index (κ1) is 109. The lowest BCUT2D eigenvalue weighted by Gasteiger charge is -2.31. The molecular formula is C99H141N21O17. The molecule has 137 heavy (non-hydrogen) atoms. The number of nitrogens with two attached hydrogens (primary N) is 1. The molecule has 8 aromatic rings. The number of hydrogen-bond donors (Lipinski definition) is 22. The number of rotatable bonds is 55. The number of nitrogens with one attached hydrogen (secondary N) is 20. The summed E-state index contributed by atoms with van der Waals surface area (Å²) >= 11 is 0. The van der Waals surface area contributed by atoms with Crippen molar-refractivity contribution in [2.24, 2.45) is 47.2 Å². The van der Waals surface area contributed by atoms with Gasteiger partial charge in [-0.3, -0.25) is 76.7 Å². The van der Waals surface area contributed by atoms with Gasteiger partial charge < -0.3 is 116 Å². The average molecular weight is 1900 g/mol. The van der Waals surface area contributed by atoms with Crippen LogP contribution in [-0.2, 0) is 102 Å². The third-order valence-corrected chi connectivity index (χ3v) is 23.8. The summed E-state index contributed by atoms with van der Waals surface area (Å²) in [4.78, 5) is 242. The monoisotopic (exact) mass is 1900 g/mol.